The van der Waals surface area contributed by atoms with E-state index in [-0.39, 0.29) is 0 Å². The molecule has 0 radical (unpaired) electrons. The van der Waals surface area contributed by atoms with Crippen molar-refractivity contribution in [3.05, 3.63) is 60.2 Å². The van der Waals surface area contributed by atoms with Gasteiger partial charge in [0, 0.05) is 0 Å². The summed E-state index contributed by atoms with van der Waals surface area (Å²) in [5, 5.41) is 0. The zero-order valence-corrected chi connectivity index (χ0v) is 8.80. The second-order valence-corrected chi connectivity index (χ2v) is 3.22. The minimum atomic E-state index is 1.06. The molecule has 13 heavy (non-hydrogen) atoms. The van der Waals surface area contributed by atoms with E-state index in [1.165, 1.54) is 5.56 Å². The van der Waals surface area contributed by atoms with Crippen molar-refractivity contribution < 1.29 is 0 Å². The van der Waals surface area contributed by atoms with Crippen molar-refractivity contribution in [2.45, 2.75) is 20.8 Å². The third-order valence-corrected chi connectivity index (χ3v) is 1.67. The zero-order chi connectivity index (χ0) is 10.3. The Hall–Kier alpha value is -1.30. The van der Waals surface area contributed by atoms with Gasteiger partial charge in [-0.25, -0.2) is 0 Å². The van der Waals surface area contributed by atoms with Crippen LogP contribution in [-0.4, -0.2) is 0 Å². The van der Waals surface area contributed by atoms with Crippen molar-refractivity contribution in [2.24, 2.45) is 0 Å². The highest BCUT2D eigenvalue weighted by atomic mass is 13.8. The molecule has 0 heterocycles. The van der Waals surface area contributed by atoms with Crippen molar-refractivity contribution in [3.63, 3.8) is 0 Å². The highest BCUT2D eigenvalue weighted by molar-refractivity contribution is 5.19. The first-order chi connectivity index (χ1) is 6.04. The third-order valence-electron chi connectivity index (χ3n) is 1.67. The SMILES string of the molecule is C=C(C)C(=C)C.Cc1ccccc1. The minimum Gasteiger partial charge on any atom is -0.0959 e. The average Bonchev–Trinajstić information content (AvgIpc) is 2.06. The summed E-state index contributed by atoms with van der Waals surface area (Å²) in [4.78, 5) is 0. The molecule has 0 saturated carbocycles. The maximum absolute atomic E-state index is 3.66. The van der Waals surface area contributed by atoms with Crippen LogP contribution in [-0.2, 0) is 0 Å². The maximum atomic E-state index is 3.66. The Morgan fingerprint density at radius 2 is 1.31 bits per heavy atom. The summed E-state index contributed by atoms with van der Waals surface area (Å²) in [7, 11) is 0. The van der Waals surface area contributed by atoms with Gasteiger partial charge in [-0.3, -0.25) is 0 Å². The van der Waals surface area contributed by atoms with Gasteiger partial charge in [0.25, 0.3) is 0 Å². The highest BCUT2D eigenvalue weighted by Gasteiger charge is 1.77. The van der Waals surface area contributed by atoms with Crippen LogP contribution in [0.4, 0.5) is 0 Å². The van der Waals surface area contributed by atoms with Gasteiger partial charge in [-0.1, -0.05) is 60.2 Å². The second kappa shape index (κ2) is 6.24. The molecule has 0 N–H and O–H groups in total. The molecule has 0 saturated heterocycles. The number of rotatable bonds is 1. The lowest BCUT2D eigenvalue weighted by Crippen LogP contribution is -1.67. The lowest BCUT2D eigenvalue weighted by Gasteiger charge is -1.88. The van der Waals surface area contributed by atoms with Crippen LogP contribution in [0.2, 0.25) is 0 Å². The topological polar surface area (TPSA) is 0 Å². The van der Waals surface area contributed by atoms with E-state index in [0.29, 0.717) is 0 Å². The Bertz CT molecular complexity index is 255. The molecule has 0 aliphatic heterocycles. The van der Waals surface area contributed by atoms with Crippen LogP contribution in [0.25, 0.3) is 0 Å². The van der Waals surface area contributed by atoms with E-state index < -0.39 is 0 Å². The molecule has 0 aliphatic carbocycles. The van der Waals surface area contributed by atoms with E-state index in [2.05, 4.69) is 32.2 Å². The van der Waals surface area contributed by atoms with Gasteiger partial charge in [0.15, 0.2) is 0 Å². The number of hydrogen-bond acceptors (Lipinski definition) is 0. The summed E-state index contributed by atoms with van der Waals surface area (Å²) >= 11 is 0. The molecule has 0 spiro atoms. The molecular formula is C13H18. The standard InChI is InChI=1S/C7H8.C6H10/c1-7-5-3-2-4-6-7;1-5(2)6(3)4/h2-6H,1H3;1,3H2,2,4H3. The van der Waals surface area contributed by atoms with Crippen molar-refractivity contribution in [1.29, 1.82) is 0 Å². The van der Waals surface area contributed by atoms with Crippen LogP contribution in [0.15, 0.2) is 54.6 Å². The first kappa shape index (κ1) is 11.7. The summed E-state index contributed by atoms with van der Waals surface area (Å²) in [5.74, 6) is 0. The van der Waals surface area contributed by atoms with Gasteiger partial charge in [0.1, 0.15) is 0 Å². The Labute approximate surface area is 81.6 Å². The van der Waals surface area contributed by atoms with Crippen LogP contribution >= 0.6 is 0 Å². The van der Waals surface area contributed by atoms with E-state index >= 15 is 0 Å². The van der Waals surface area contributed by atoms with Crippen LogP contribution in [0.5, 0.6) is 0 Å². The van der Waals surface area contributed by atoms with Gasteiger partial charge in [-0.05, 0) is 20.8 Å². The van der Waals surface area contributed by atoms with Crippen LogP contribution in [0.1, 0.15) is 19.4 Å². The molecule has 0 amide bonds. The molecule has 0 aliphatic rings. The van der Waals surface area contributed by atoms with E-state index in [4.69, 9.17) is 0 Å². The molecule has 0 aromatic heterocycles. The van der Waals surface area contributed by atoms with Gasteiger partial charge >= 0.3 is 0 Å². The fourth-order valence-electron chi connectivity index (χ4n) is 0.534. The van der Waals surface area contributed by atoms with Crippen molar-refractivity contribution in [2.75, 3.05) is 0 Å². The molecular weight excluding hydrogens is 156 g/mol. The van der Waals surface area contributed by atoms with Gasteiger partial charge in [0.2, 0.25) is 0 Å². The summed E-state index contributed by atoms with van der Waals surface area (Å²) in [6.07, 6.45) is 0. The van der Waals surface area contributed by atoms with Crippen molar-refractivity contribution >= 4 is 0 Å². The van der Waals surface area contributed by atoms with E-state index in [9.17, 15) is 0 Å². The Balaban J connectivity index is 0.000000226. The fourth-order valence-corrected chi connectivity index (χ4v) is 0.534. The molecule has 1 aromatic rings. The monoisotopic (exact) mass is 174 g/mol. The summed E-state index contributed by atoms with van der Waals surface area (Å²) in [6.45, 7) is 13.3. The fraction of sp³-hybridized carbons (Fsp3) is 0.231. The van der Waals surface area contributed by atoms with E-state index in [0.717, 1.165) is 11.1 Å². The van der Waals surface area contributed by atoms with Gasteiger partial charge in [0.05, 0.1) is 0 Å². The average molecular weight is 174 g/mol. The highest BCUT2D eigenvalue weighted by Crippen LogP contribution is 1.98. The first-order valence-corrected chi connectivity index (χ1v) is 4.37. The minimum absolute atomic E-state index is 1.06. The number of hydrogen-bond donors (Lipinski definition) is 0. The maximum Gasteiger partial charge on any atom is -0.0398 e. The van der Waals surface area contributed by atoms with Gasteiger partial charge < -0.3 is 0 Å². The third kappa shape index (κ3) is 7.07. The first-order valence-electron chi connectivity index (χ1n) is 4.37. The van der Waals surface area contributed by atoms with E-state index in [1.54, 1.807) is 0 Å². The summed E-state index contributed by atoms with van der Waals surface area (Å²) < 4.78 is 0. The molecule has 0 unspecified atom stereocenters. The lowest BCUT2D eigenvalue weighted by atomic mass is 10.2. The molecule has 0 fully saturated rings. The van der Waals surface area contributed by atoms with Crippen molar-refractivity contribution in [3.8, 4) is 0 Å². The Morgan fingerprint density at radius 1 is 0.923 bits per heavy atom. The largest absolute Gasteiger partial charge is 0.0959 e. The Kier molecular flexibility index (Phi) is 5.62. The molecule has 1 aromatic carbocycles. The zero-order valence-electron chi connectivity index (χ0n) is 8.80. The van der Waals surface area contributed by atoms with E-state index in [1.807, 2.05) is 32.0 Å². The van der Waals surface area contributed by atoms with Crippen LogP contribution in [0, 0.1) is 6.92 Å². The molecule has 0 heteroatoms. The predicted octanol–water partition coefficient (Wildman–Crippen LogP) is 4.13. The Morgan fingerprint density at radius 3 is 1.46 bits per heavy atom. The molecule has 0 nitrogen and oxygen atoms in total. The smallest absolute Gasteiger partial charge is 0.0398 e. The normalized spacial score (nSPS) is 8.23. The summed E-state index contributed by atoms with van der Waals surface area (Å²) in [5.41, 5.74) is 3.45. The predicted molar refractivity (Wildman–Crippen MR) is 60.8 cm³/mol. The van der Waals surface area contributed by atoms with Gasteiger partial charge in [-0.15, -0.1) is 0 Å². The van der Waals surface area contributed by atoms with Gasteiger partial charge in [-0.2, -0.15) is 0 Å². The van der Waals surface area contributed by atoms with Crippen LogP contribution in [0.3, 0.4) is 0 Å². The van der Waals surface area contributed by atoms with Crippen molar-refractivity contribution in [1.82, 2.24) is 0 Å². The van der Waals surface area contributed by atoms with Crippen LogP contribution < -0.4 is 0 Å². The molecule has 1 rings (SSSR count). The quantitative estimate of drug-likeness (QED) is 0.561. The number of aryl methyl sites for hydroxylation is 1. The molecule has 70 valence electrons. The molecule has 0 atom stereocenters. The summed E-state index contributed by atoms with van der Waals surface area (Å²) in [6, 6.07) is 10.3. The molecule has 0 bridgehead atoms. The number of allylic oxidation sites excluding steroid dienone is 2. The second-order valence-electron chi connectivity index (χ2n) is 3.22. The lowest BCUT2D eigenvalue weighted by molar-refractivity contribution is 1.39. The number of benzene rings is 1.